The Morgan fingerprint density at radius 3 is 2.61 bits per heavy atom. The Hall–Kier alpha value is -4.27. The number of anilines is 1. The van der Waals surface area contributed by atoms with Crippen molar-refractivity contribution in [3.8, 4) is 0 Å². The molecule has 0 unspecified atom stereocenters. The van der Waals surface area contributed by atoms with Gasteiger partial charge in [0.05, 0.1) is 11.8 Å². The number of nitrogens with zero attached hydrogens (tertiary/aromatic N) is 5. The molecule has 0 saturated heterocycles. The summed E-state index contributed by atoms with van der Waals surface area (Å²) in [6.45, 7) is 8.23. The van der Waals surface area contributed by atoms with Crippen molar-refractivity contribution in [2.45, 2.75) is 53.1 Å². The van der Waals surface area contributed by atoms with Crippen molar-refractivity contribution in [1.29, 1.82) is 0 Å². The minimum absolute atomic E-state index is 0.0313. The Labute approximate surface area is 207 Å². The van der Waals surface area contributed by atoms with Gasteiger partial charge in [-0.3, -0.25) is 14.2 Å². The van der Waals surface area contributed by atoms with Crippen molar-refractivity contribution in [3.63, 3.8) is 0 Å². The molecule has 3 heterocycles. The number of hydrogen-bond acceptors (Lipinski definition) is 6. The van der Waals surface area contributed by atoms with Gasteiger partial charge in [-0.05, 0) is 42.7 Å². The molecule has 0 aliphatic carbocycles. The smallest absolute Gasteiger partial charge is 0.278 e. The molecule has 5 rings (SSSR count). The largest absolute Gasteiger partial charge is 0.337 e. The fourth-order valence-corrected chi connectivity index (χ4v) is 4.33. The number of amides is 1. The lowest BCUT2D eigenvalue weighted by Gasteiger charge is -2.11. The van der Waals surface area contributed by atoms with Gasteiger partial charge in [-0.15, -0.1) is 0 Å². The van der Waals surface area contributed by atoms with Crippen molar-refractivity contribution >= 4 is 33.5 Å². The van der Waals surface area contributed by atoms with Crippen LogP contribution in [0.3, 0.4) is 0 Å². The summed E-state index contributed by atoms with van der Waals surface area (Å²) in [5.41, 5.74) is 4.36. The number of rotatable bonds is 7. The molecule has 0 spiro atoms. The number of carbonyl (C=O) groups excluding carboxylic acids is 1. The van der Waals surface area contributed by atoms with Crippen LogP contribution in [0.5, 0.6) is 0 Å². The molecular weight excluding hydrogens is 456 g/mol. The van der Waals surface area contributed by atoms with E-state index in [0.717, 1.165) is 16.5 Å². The third kappa shape index (κ3) is 4.39. The molecule has 2 aromatic carbocycles. The number of hydrogen-bond donors (Lipinski definition) is 1. The Bertz CT molecular complexity index is 1630. The Morgan fingerprint density at radius 2 is 1.92 bits per heavy atom. The topological polar surface area (TPSA) is 108 Å². The number of carbonyl (C=O) groups is 1. The van der Waals surface area contributed by atoms with Crippen LogP contribution < -0.4 is 10.9 Å². The van der Waals surface area contributed by atoms with Gasteiger partial charge in [0.25, 0.3) is 5.56 Å². The molecule has 184 valence electrons. The first kappa shape index (κ1) is 23.5. The number of benzene rings is 2. The molecule has 0 fully saturated rings. The SMILES string of the molecule is CCc1noc(Cn2cnc3c4cc(C)ccc4n(CC(=O)Nc4ccc(C(C)C)cc4)c3c2=O)n1. The standard InChI is InChI=1S/C27H28N6O3/c1-5-22-30-24(36-31-22)14-32-15-28-25-20-12-17(4)6-11-21(20)33(26(25)27(32)35)13-23(34)29-19-9-7-18(8-10-19)16(2)3/h6-12,15-16H,5,13-14H2,1-4H3,(H,29,34). The summed E-state index contributed by atoms with van der Waals surface area (Å²) in [6.07, 6.45) is 2.13. The molecule has 1 N–H and O–H groups in total. The van der Waals surface area contributed by atoms with E-state index in [-0.39, 0.29) is 24.6 Å². The normalized spacial score (nSPS) is 11.6. The van der Waals surface area contributed by atoms with Crippen molar-refractivity contribution in [3.05, 3.63) is 82.0 Å². The lowest BCUT2D eigenvalue weighted by atomic mass is 10.0. The van der Waals surface area contributed by atoms with Crippen molar-refractivity contribution in [1.82, 2.24) is 24.3 Å². The van der Waals surface area contributed by atoms with Crippen molar-refractivity contribution in [2.24, 2.45) is 0 Å². The van der Waals surface area contributed by atoms with E-state index in [9.17, 15) is 9.59 Å². The molecule has 0 bridgehead atoms. The van der Waals surface area contributed by atoms with Gasteiger partial charge in [-0.2, -0.15) is 4.98 Å². The Kier molecular flexibility index (Phi) is 6.13. The highest BCUT2D eigenvalue weighted by molar-refractivity contribution is 6.06. The quantitative estimate of drug-likeness (QED) is 0.366. The lowest BCUT2D eigenvalue weighted by Crippen LogP contribution is -2.25. The zero-order valence-electron chi connectivity index (χ0n) is 20.8. The lowest BCUT2D eigenvalue weighted by molar-refractivity contribution is -0.116. The van der Waals surface area contributed by atoms with Crippen LogP contribution in [0.1, 0.15) is 49.5 Å². The monoisotopic (exact) mass is 484 g/mol. The highest BCUT2D eigenvalue weighted by atomic mass is 16.5. The summed E-state index contributed by atoms with van der Waals surface area (Å²) in [4.78, 5) is 35.6. The molecule has 0 aliphatic heterocycles. The van der Waals surface area contributed by atoms with Crippen molar-refractivity contribution < 1.29 is 9.32 Å². The second kappa shape index (κ2) is 9.41. The van der Waals surface area contributed by atoms with Crippen LogP contribution in [0.25, 0.3) is 21.9 Å². The first-order chi connectivity index (χ1) is 17.3. The van der Waals surface area contributed by atoms with E-state index in [0.29, 0.717) is 40.8 Å². The fourth-order valence-electron chi connectivity index (χ4n) is 4.33. The van der Waals surface area contributed by atoms with E-state index >= 15 is 0 Å². The van der Waals surface area contributed by atoms with Crippen LogP contribution in [0.4, 0.5) is 5.69 Å². The average Bonchev–Trinajstić information content (AvgIpc) is 3.43. The first-order valence-corrected chi connectivity index (χ1v) is 12.0. The van der Waals surface area contributed by atoms with Crippen LogP contribution in [0.2, 0.25) is 0 Å². The summed E-state index contributed by atoms with van der Waals surface area (Å²) < 4.78 is 8.43. The van der Waals surface area contributed by atoms with Crippen molar-refractivity contribution in [2.75, 3.05) is 5.32 Å². The van der Waals surface area contributed by atoms with Gasteiger partial charge in [0.1, 0.15) is 24.1 Å². The van der Waals surface area contributed by atoms with Gasteiger partial charge in [0.2, 0.25) is 11.8 Å². The minimum Gasteiger partial charge on any atom is -0.337 e. The first-order valence-electron chi connectivity index (χ1n) is 12.0. The number of fused-ring (bicyclic) bond motifs is 3. The highest BCUT2D eigenvalue weighted by Crippen LogP contribution is 2.27. The Balaban J connectivity index is 1.53. The molecule has 5 aromatic rings. The van der Waals surface area contributed by atoms with Crippen LogP contribution in [0, 0.1) is 6.92 Å². The minimum atomic E-state index is -0.279. The molecule has 0 saturated carbocycles. The van der Waals surface area contributed by atoms with Crippen LogP contribution in [-0.2, 0) is 24.3 Å². The maximum atomic E-state index is 13.6. The predicted octanol–water partition coefficient (Wildman–Crippen LogP) is 4.42. The molecule has 0 aliphatic rings. The molecular formula is C27H28N6O3. The van der Waals surface area contributed by atoms with E-state index in [1.54, 1.807) is 4.57 Å². The average molecular weight is 485 g/mol. The van der Waals surface area contributed by atoms with Gasteiger partial charge < -0.3 is 14.4 Å². The second-order valence-electron chi connectivity index (χ2n) is 9.26. The van der Waals surface area contributed by atoms with Gasteiger partial charge in [0, 0.05) is 17.5 Å². The molecule has 0 atom stereocenters. The van der Waals surface area contributed by atoms with E-state index in [1.807, 2.05) is 56.3 Å². The fraction of sp³-hybridized carbons (Fsp3) is 0.296. The van der Waals surface area contributed by atoms with Gasteiger partial charge >= 0.3 is 0 Å². The highest BCUT2D eigenvalue weighted by Gasteiger charge is 2.19. The van der Waals surface area contributed by atoms with Crippen LogP contribution in [-0.4, -0.2) is 30.2 Å². The molecule has 9 heteroatoms. The number of aryl methyl sites for hydroxylation is 2. The zero-order chi connectivity index (χ0) is 25.4. The van der Waals surface area contributed by atoms with Crippen LogP contribution >= 0.6 is 0 Å². The van der Waals surface area contributed by atoms with Gasteiger partial charge in [0.15, 0.2) is 5.82 Å². The maximum Gasteiger partial charge on any atom is 0.278 e. The third-order valence-electron chi connectivity index (χ3n) is 6.28. The maximum absolute atomic E-state index is 13.6. The molecule has 36 heavy (non-hydrogen) atoms. The van der Waals surface area contributed by atoms with E-state index < -0.39 is 0 Å². The molecule has 0 radical (unpaired) electrons. The van der Waals surface area contributed by atoms with E-state index in [2.05, 4.69) is 34.3 Å². The Morgan fingerprint density at radius 1 is 1.14 bits per heavy atom. The summed E-state index contributed by atoms with van der Waals surface area (Å²) >= 11 is 0. The second-order valence-corrected chi connectivity index (χ2v) is 9.26. The predicted molar refractivity (Wildman–Crippen MR) is 138 cm³/mol. The zero-order valence-corrected chi connectivity index (χ0v) is 20.8. The summed E-state index contributed by atoms with van der Waals surface area (Å²) in [6, 6.07) is 13.7. The third-order valence-corrected chi connectivity index (χ3v) is 6.28. The van der Waals surface area contributed by atoms with E-state index in [4.69, 9.17) is 4.52 Å². The van der Waals surface area contributed by atoms with Gasteiger partial charge in [-0.25, -0.2) is 4.98 Å². The van der Waals surface area contributed by atoms with Crippen LogP contribution in [0.15, 0.2) is 58.1 Å². The molecule has 3 aromatic heterocycles. The summed E-state index contributed by atoms with van der Waals surface area (Å²) in [5, 5.41) is 7.68. The molecule has 1 amide bonds. The number of nitrogens with one attached hydrogen (secondary N) is 1. The van der Waals surface area contributed by atoms with Gasteiger partial charge in [-0.1, -0.05) is 49.7 Å². The summed E-state index contributed by atoms with van der Waals surface area (Å²) in [5.74, 6) is 1.09. The van der Waals surface area contributed by atoms with E-state index in [1.165, 1.54) is 16.5 Å². The number of aromatic nitrogens is 5. The molecule has 9 nitrogen and oxygen atoms in total. The summed E-state index contributed by atoms with van der Waals surface area (Å²) in [7, 11) is 0.